The fourth-order valence-electron chi connectivity index (χ4n) is 1.82. The summed E-state index contributed by atoms with van der Waals surface area (Å²) in [6.07, 6.45) is 0. The summed E-state index contributed by atoms with van der Waals surface area (Å²) < 4.78 is 26.5. The van der Waals surface area contributed by atoms with Crippen molar-refractivity contribution in [3.05, 3.63) is 59.7 Å². The van der Waals surface area contributed by atoms with Crippen molar-refractivity contribution < 1.29 is 13.9 Å². The van der Waals surface area contributed by atoms with Gasteiger partial charge >= 0.3 is 0 Å². The summed E-state index contributed by atoms with van der Waals surface area (Å²) in [6, 6.07) is 10.4. The van der Waals surface area contributed by atoms with Gasteiger partial charge in [0.25, 0.3) is 0 Å². The minimum Gasteiger partial charge on any atom is -0.386 e. The quantitative estimate of drug-likeness (QED) is 0.855. The molecular weight excluding hydrogens is 234 g/mol. The van der Waals surface area contributed by atoms with Crippen LogP contribution in [0.3, 0.4) is 0 Å². The van der Waals surface area contributed by atoms with Gasteiger partial charge in [-0.2, -0.15) is 0 Å². The van der Waals surface area contributed by atoms with E-state index in [4.69, 9.17) is 0 Å². The largest absolute Gasteiger partial charge is 0.386 e. The van der Waals surface area contributed by atoms with Crippen LogP contribution < -0.4 is 0 Å². The van der Waals surface area contributed by atoms with Crippen molar-refractivity contribution in [1.29, 1.82) is 0 Å². The highest BCUT2D eigenvalue weighted by molar-refractivity contribution is 5.64. The third kappa shape index (κ3) is 2.57. The van der Waals surface area contributed by atoms with E-state index >= 15 is 0 Å². The van der Waals surface area contributed by atoms with Gasteiger partial charge in [-0.1, -0.05) is 18.2 Å². The number of rotatable bonds is 2. The van der Waals surface area contributed by atoms with E-state index in [9.17, 15) is 13.9 Å². The Morgan fingerprint density at radius 2 is 1.44 bits per heavy atom. The van der Waals surface area contributed by atoms with Crippen LogP contribution in [0.5, 0.6) is 0 Å². The summed E-state index contributed by atoms with van der Waals surface area (Å²) in [7, 11) is 0. The molecule has 0 atom stereocenters. The standard InChI is InChI=1S/C15H14F2O/c1-15(2,18)13-9-11(5-8-14(13)17)10-3-6-12(16)7-4-10/h3-9,18H,1-2H3. The molecule has 0 bridgehead atoms. The van der Waals surface area contributed by atoms with E-state index in [1.807, 2.05) is 0 Å². The minimum atomic E-state index is -1.25. The molecule has 2 aromatic carbocycles. The molecule has 1 nitrogen and oxygen atoms in total. The molecule has 2 aromatic rings. The molecule has 0 spiro atoms. The van der Waals surface area contributed by atoms with Crippen molar-refractivity contribution in [3.63, 3.8) is 0 Å². The molecule has 0 fully saturated rings. The number of aliphatic hydroxyl groups is 1. The first-order valence-electron chi connectivity index (χ1n) is 5.66. The molecule has 0 aliphatic carbocycles. The van der Waals surface area contributed by atoms with Gasteiger partial charge in [-0.15, -0.1) is 0 Å². The minimum absolute atomic E-state index is 0.226. The van der Waals surface area contributed by atoms with E-state index in [0.717, 1.165) is 11.1 Å². The Morgan fingerprint density at radius 3 is 2.00 bits per heavy atom. The first-order valence-corrected chi connectivity index (χ1v) is 5.66. The van der Waals surface area contributed by atoms with Crippen molar-refractivity contribution in [2.24, 2.45) is 0 Å². The lowest BCUT2D eigenvalue weighted by atomic mass is 9.94. The Kier molecular flexibility index (Phi) is 3.18. The fourth-order valence-corrected chi connectivity index (χ4v) is 1.82. The molecule has 0 unspecified atom stereocenters. The molecule has 18 heavy (non-hydrogen) atoms. The van der Waals surface area contributed by atoms with Gasteiger partial charge in [-0.05, 0) is 49.2 Å². The van der Waals surface area contributed by atoms with E-state index in [-0.39, 0.29) is 11.4 Å². The highest BCUT2D eigenvalue weighted by Gasteiger charge is 2.21. The lowest BCUT2D eigenvalue weighted by Gasteiger charge is -2.19. The van der Waals surface area contributed by atoms with E-state index in [2.05, 4.69) is 0 Å². The van der Waals surface area contributed by atoms with Crippen molar-refractivity contribution in [2.45, 2.75) is 19.4 Å². The Balaban J connectivity index is 2.50. The summed E-state index contributed by atoms with van der Waals surface area (Å²) in [5.74, 6) is -0.767. The topological polar surface area (TPSA) is 20.2 Å². The Hall–Kier alpha value is -1.74. The molecule has 0 aromatic heterocycles. The van der Waals surface area contributed by atoms with Crippen LogP contribution in [0.1, 0.15) is 19.4 Å². The zero-order valence-electron chi connectivity index (χ0n) is 10.2. The van der Waals surface area contributed by atoms with Crippen LogP contribution in [-0.2, 0) is 5.60 Å². The second-order valence-corrected chi connectivity index (χ2v) is 4.76. The van der Waals surface area contributed by atoms with Crippen LogP contribution in [0, 0.1) is 11.6 Å². The number of hydrogen-bond donors (Lipinski definition) is 1. The first kappa shape index (κ1) is 12.7. The van der Waals surface area contributed by atoms with Crippen LogP contribution in [-0.4, -0.2) is 5.11 Å². The van der Waals surface area contributed by atoms with E-state index in [0.29, 0.717) is 0 Å². The molecule has 1 N–H and O–H groups in total. The van der Waals surface area contributed by atoms with Crippen LogP contribution >= 0.6 is 0 Å². The monoisotopic (exact) mass is 248 g/mol. The van der Waals surface area contributed by atoms with Gasteiger partial charge in [0.2, 0.25) is 0 Å². The normalized spacial score (nSPS) is 11.6. The van der Waals surface area contributed by atoms with Gasteiger partial charge in [0.1, 0.15) is 11.6 Å². The maximum Gasteiger partial charge on any atom is 0.129 e. The van der Waals surface area contributed by atoms with Crippen LogP contribution in [0.25, 0.3) is 11.1 Å². The van der Waals surface area contributed by atoms with Crippen molar-refractivity contribution in [1.82, 2.24) is 0 Å². The highest BCUT2D eigenvalue weighted by Crippen LogP contribution is 2.28. The van der Waals surface area contributed by atoms with Crippen LogP contribution in [0.4, 0.5) is 8.78 Å². The number of halogens is 2. The fraction of sp³-hybridized carbons (Fsp3) is 0.200. The number of hydrogen-bond acceptors (Lipinski definition) is 1. The lowest BCUT2D eigenvalue weighted by molar-refractivity contribution is 0.0746. The van der Waals surface area contributed by atoms with Gasteiger partial charge in [0.05, 0.1) is 5.60 Å². The highest BCUT2D eigenvalue weighted by atomic mass is 19.1. The Labute approximate surface area is 105 Å². The molecule has 0 aliphatic rings. The molecule has 0 amide bonds. The molecule has 0 radical (unpaired) electrons. The predicted molar refractivity (Wildman–Crippen MR) is 67.0 cm³/mol. The SMILES string of the molecule is CC(C)(O)c1cc(-c2ccc(F)cc2)ccc1F. The van der Waals surface area contributed by atoms with Crippen LogP contribution in [0.15, 0.2) is 42.5 Å². The van der Waals surface area contributed by atoms with Gasteiger partial charge in [-0.25, -0.2) is 8.78 Å². The third-order valence-electron chi connectivity index (χ3n) is 2.80. The maximum absolute atomic E-state index is 13.6. The second-order valence-electron chi connectivity index (χ2n) is 4.76. The molecule has 3 heteroatoms. The van der Waals surface area contributed by atoms with Gasteiger partial charge in [-0.3, -0.25) is 0 Å². The summed E-state index contributed by atoms with van der Waals surface area (Å²) in [5.41, 5.74) is 0.500. The maximum atomic E-state index is 13.6. The summed E-state index contributed by atoms with van der Waals surface area (Å²) in [4.78, 5) is 0. The molecular formula is C15H14F2O. The van der Waals surface area contributed by atoms with Crippen molar-refractivity contribution >= 4 is 0 Å². The predicted octanol–water partition coefficient (Wildman–Crippen LogP) is 3.86. The summed E-state index contributed by atoms with van der Waals surface area (Å²) in [6.45, 7) is 3.06. The summed E-state index contributed by atoms with van der Waals surface area (Å²) in [5, 5.41) is 9.89. The van der Waals surface area contributed by atoms with E-state index in [1.165, 1.54) is 32.0 Å². The van der Waals surface area contributed by atoms with Crippen LogP contribution in [0.2, 0.25) is 0 Å². The first-order chi connectivity index (χ1) is 8.38. The summed E-state index contributed by atoms with van der Waals surface area (Å²) >= 11 is 0. The molecule has 0 aliphatic heterocycles. The van der Waals surface area contributed by atoms with E-state index < -0.39 is 11.4 Å². The number of benzene rings is 2. The van der Waals surface area contributed by atoms with Crippen molar-refractivity contribution in [2.75, 3.05) is 0 Å². The van der Waals surface area contributed by atoms with Gasteiger partial charge in [0.15, 0.2) is 0 Å². The molecule has 94 valence electrons. The van der Waals surface area contributed by atoms with Gasteiger partial charge < -0.3 is 5.11 Å². The van der Waals surface area contributed by atoms with E-state index in [1.54, 1.807) is 24.3 Å². The van der Waals surface area contributed by atoms with Gasteiger partial charge in [0, 0.05) is 5.56 Å². The average molecular weight is 248 g/mol. The molecule has 0 heterocycles. The average Bonchev–Trinajstić information content (AvgIpc) is 2.29. The molecule has 2 rings (SSSR count). The van der Waals surface area contributed by atoms with Crippen molar-refractivity contribution in [3.8, 4) is 11.1 Å². The zero-order valence-corrected chi connectivity index (χ0v) is 10.2. The lowest BCUT2D eigenvalue weighted by Crippen LogP contribution is -2.17. The smallest absolute Gasteiger partial charge is 0.129 e. The zero-order chi connectivity index (χ0) is 13.3. The molecule has 0 saturated heterocycles. The second kappa shape index (κ2) is 4.50. The molecule has 0 saturated carbocycles. The Bertz CT molecular complexity index is 554. The Morgan fingerprint density at radius 1 is 0.889 bits per heavy atom. The third-order valence-corrected chi connectivity index (χ3v) is 2.80.